The molecule has 2 aromatic carbocycles. The van der Waals surface area contributed by atoms with Gasteiger partial charge in [0.2, 0.25) is 5.91 Å². The van der Waals surface area contributed by atoms with Crippen LogP contribution in [0.1, 0.15) is 66.7 Å². The normalized spacial score (nSPS) is 16.3. The van der Waals surface area contributed by atoms with Crippen molar-refractivity contribution in [1.82, 2.24) is 20.1 Å². The number of carbonyl (C=O) groups excluding carboxylic acids is 2. The van der Waals surface area contributed by atoms with Crippen LogP contribution >= 0.6 is 0 Å². The van der Waals surface area contributed by atoms with Gasteiger partial charge in [-0.1, -0.05) is 6.42 Å². The molecule has 2 saturated carbocycles. The van der Waals surface area contributed by atoms with Crippen LogP contribution in [0.5, 0.6) is 11.5 Å². The first-order valence-corrected chi connectivity index (χ1v) is 15.0. The van der Waals surface area contributed by atoms with E-state index in [1.54, 1.807) is 44.4 Å². The van der Waals surface area contributed by atoms with Crippen LogP contribution < -0.4 is 20.5 Å². The molecular formula is C33H36FN5O5. The molecule has 0 bridgehead atoms. The van der Waals surface area contributed by atoms with Gasteiger partial charge in [-0.25, -0.2) is 9.37 Å². The number of hydrogen-bond donors (Lipinski definition) is 3. The monoisotopic (exact) mass is 601 g/mol. The number of carbonyl (C=O) groups is 2. The van der Waals surface area contributed by atoms with Gasteiger partial charge in [0.1, 0.15) is 34.1 Å². The lowest BCUT2D eigenvalue weighted by molar-refractivity contribution is -0.117. The number of ether oxygens (including phenoxy) is 2. The number of hydrogen-bond acceptors (Lipinski definition) is 7. The van der Waals surface area contributed by atoms with Crippen molar-refractivity contribution in [1.29, 1.82) is 0 Å². The van der Waals surface area contributed by atoms with E-state index in [1.165, 1.54) is 12.1 Å². The number of nitrogens with zero attached hydrogens (tertiary/aromatic N) is 3. The summed E-state index contributed by atoms with van der Waals surface area (Å²) in [7, 11) is 1.54. The van der Waals surface area contributed by atoms with Crippen LogP contribution in [0.25, 0.3) is 22.2 Å². The van der Waals surface area contributed by atoms with Crippen molar-refractivity contribution in [2.24, 2.45) is 11.7 Å². The second kappa shape index (κ2) is 11.9. The molecule has 2 fully saturated rings. The number of fused-ring (bicyclic) bond motifs is 1. The lowest BCUT2D eigenvalue weighted by Gasteiger charge is -2.41. The summed E-state index contributed by atoms with van der Waals surface area (Å²) in [5.74, 6) is -0.733. The Morgan fingerprint density at radius 2 is 1.91 bits per heavy atom. The summed E-state index contributed by atoms with van der Waals surface area (Å²) in [6, 6.07) is 11.2. The van der Waals surface area contributed by atoms with Crippen LogP contribution in [0.2, 0.25) is 0 Å². The fourth-order valence-electron chi connectivity index (χ4n) is 5.82. The molecule has 4 N–H and O–H groups in total. The largest absolute Gasteiger partial charge is 0.494 e. The van der Waals surface area contributed by atoms with Crippen LogP contribution in [-0.2, 0) is 16.8 Å². The van der Waals surface area contributed by atoms with E-state index in [4.69, 9.17) is 20.2 Å². The zero-order valence-electron chi connectivity index (χ0n) is 24.8. The molecule has 2 aromatic heterocycles. The molecule has 230 valence electrons. The summed E-state index contributed by atoms with van der Waals surface area (Å²) < 4.78 is 27.2. The fraction of sp³-hybridized carbons (Fsp3) is 0.394. The van der Waals surface area contributed by atoms with E-state index in [0.29, 0.717) is 45.4 Å². The smallest absolute Gasteiger partial charge is 0.251 e. The molecular weight excluding hydrogens is 565 g/mol. The number of nitrogens with one attached hydrogen (secondary N) is 1. The van der Waals surface area contributed by atoms with E-state index >= 15 is 0 Å². The average Bonchev–Trinajstić information content (AvgIpc) is 3.74. The first-order chi connectivity index (χ1) is 21.2. The topological polar surface area (TPSA) is 142 Å². The van der Waals surface area contributed by atoms with Gasteiger partial charge < -0.3 is 25.6 Å². The third kappa shape index (κ3) is 5.71. The van der Waals surface area contributed by atoms with E-state index in [9.17, 15) is 19.1 Å². The predicted molar refractivity (Wildman–Crippen MR) is 162 cm³/mol. The standard InChI is InChI=1S/C33H36FN5O5/c1-3-44-31-20(16-28(35)40)15-27(37-30(31)19-7-9-24(34)10-8-19)33(42,23-5-4-6-23)18-36-32(41)21-13-22-17-39(25-11-12-25)38-29(22)26(14-21)43-2/h7-10,13-15,17,23,25,42H,3-6,11-12,16,18H2,1-2H3,(H2,35,40)(H,36,41)/t33-/m1/s1. The molecule has 0 spiro atoms. The Hall–Kier alpha value is -4.51. The van der Waals surface area contributed by atoms with Crippen molar-refractivity contribution in [3.63, 3.8) is 0 Å². The molecule has 6 rings (SSSR count). The van der Waals surface area contributed by atoms with E-state index in [0.717, 1.165) is 37.5 Å². The van der Waals surface area contributed by atoms with Gasteiger partial charge in [-0.15, -0.1) is 0 Å². The van der Waals surface area contributed by atoms with Gasteiger partial charge in [0.25, 0.3) is 5.91 Å². The first kappa shape index (κ1) is 29.6. The number of aromatic nitrogens is 3. The minimum absolute atomic E-state index is 0.127. The summed E-state index contributed by atoms with van der Waals surface area (Å²) in [5.41, 5.74) is 6.74. The summed E-state index contributed by atoms with van der Waals surface area (Å²) in [6.07, 6.45) is 6.32. The number of methoxy groups -OCH3 is 1. The number of aliphatic hydroxyl groups is 1. The maximum Gasteiger partial charge on any atom is 0.251 e. The first-order valence-electron chi connectivity index (χ1n) is 15.0. The third-order valence-electron chi connectivity index (χ3n) is 8.56. The molecule has 0 aliphatic heterocycles. The van der Waals surface area contributed by atoms with Gasteiger partial charge in [0, 0.05) is 28.3 Å². The Bertz CT molecular complexity index is 1710. The minimum Gasteiger partial charge on any atom is -0.494 e. The van der Waals surface area contributed by atoms with Gasteiger partial charge in [-0.3, -0.25) is 14.3 Å². The van der Waals surface area contributed by atoms with E-state index in [1.807, 2.05) is 10.9 Å². The highest BCUT2D eigenvalue weighted by Gasteiger charge is 2.44. The van der Waals surface area contributed by atoms with Crippen molar-refractivity contribution in [3.8, 4) is 22.8 Å². The van der Waals surface area contributed by atoms with Gasteiger partial charge in [0.05, 0.1) is 38.4 Å². The van der Waals surface area contributed by atoms with Crippen molar-refractivity contribution in [2.75, 3.05) is 20.3 Å². The summed E-state index contributed by atoms with van der Waals surface area (Å²) in [5, 5.41) is 20.7. The lowest BCUT2D eigenvalue weighted by Crippen LogP contribution is -2.49. The number of pyridine rings is 1. The van der Waals surface area contributed by atoms with Crippen LogP contribution in [-0.4, -0.2) is 51.9 Å². The molecule has 0 radical (unpaired) electrons. The van der Waals surface area contributed by atoms with Gasteiger partial charge in [-0.2, -0.15) is 5.10 Å². The number of rotatable bonds is 12. The van der Waals surface area contributed by atoms with Gasteiger partial charge >= 0.3 is 0 Å². The Labute approximate surface area is 254 Å². The Kier molecular flexibility index (Phi) is 7.98. The molecule has 2 aliphatic carbocycles. The Morgan fingerprint density at radius 3 is 2.52 bits per heavy atom. The number of nitrogens with two attached hydrogens (primary N) is 1. The van der Waals surface area contributed by atoms with Gasteiger partial charge in [0.15, 0.2) is 0 Å². The molecule has 10 nitrogen and oxygen atoms in total. The van der Waals surface area contributed by atoms with E-state index < -0.39 is 17.3 Å². The van der Waals surface area contributed by atoms with Crippen LogP contribution in [0, 0.1) is 11.7 Å². The predicted octanol–water partition coefficient (Wildman–Crippen LogP) is 4.43. The summed E-state index contributed by atoms with van der Waals surface area (Å²) >= 11 is 0. The quantitative estimate of drug-likeness (QED) is 0.218. The molecule has 2 amide bonds. The fourth-order valence-corrected chi connectivity index (χ4v) is 5.82. The zero-order valence-corrected chi connectivity index (χ0v) is 24.8. The number of amides is 2. The minimum atomic E-state index is -1.56. The van der Waals surface area contributed by atoms with E-state index in [-0.39, 0.29) is 37.1 Å². The highest BCUT2D eigenvalue weighted by Crippen LogP contribution is 2.44. The molecule has 4 aromatic rings. The highest BCUT2D eigenvalue weighted by molar-refractivity contribution is 6.00. The Morgan fingerprint density at radius 1 is 1.16 bits per heavy atom. The van der Waals surface area contributed by atoms with Crippen LogP contribution in [0.15, 0.2) is 48.7 Å². The highest BCUT2D eigenvalue weighted by atomic mass is 19.1. The van der Waals surface area contributed by atoms with Crippen molar-refractivity contribution in [2.45, 2.75) is 57.1 Å². The van der Waals surface area contributed by atoms with Crippen LogP contribution in [0.3, 0.4) is 0 Å². The molecule has 2 heterocycles. The second-order valence-electron chi connectivity index (χ2n) is 11.6. The molecule has 1 atom stereocenters. The summed E-state index contributed by atoms with van der Waals surface area (Å²) in [4.78, 5) is 30.5. The Balaban J connectivity index is 1.37. The zero-order chi connectivity index (χ0) is 31.0. The maximum atomic E-state index is 13.8. The molecule has 44 heavy (non-hydrogen) atoms. The van der Waals surface area contributed by atoms with Crippen molar-refractivity contribution in [3.05, 3.63) is 71.3 Å². The molecule has 0 unspecified atom stereocenters. The average molecular weight is 602 g/mol. The third-order valence-corrected chi connectivity index (χ3v) is 8.56. The van der Waals surface area contributed by atoms with E-state index in [2.05, 4.69) is 10.4 Å². The lowest BCUT2D eigenvalue weighted by atomic mass is 9.70. The van der Waals surface area contributed by atoms with Crippen molar-refractivity contribution >= 4 is 22.7 Å². The number of benzene rings is 2. The van der Waals surface area contributed by atoms with Crippen LogP contribution in [0.4, 0.5) is 4.39 Å². The maximum absolute atomic E-state index is 13.8. The number of primary amides is 1. The molecule has 11 heteroatoms. The summed E-state index contributed by atoms with van der Waals surface area (Å²) in [6.45, 7) is 1.97. The molecule has 0 saturated heterocycles. The second-order valence-corrected chi connectivity index (χ2v) is 11.6. The van der Waals surface area contributed by atoms with Crippen molar-refractivity contribution < 1.29 is 28.6 Å². The SMILES string of the molecule is CCOc1c(CC(N)=O)cc([C@@](O)(CNC(=O)c2cc(OC)c3nn(C4CC4)cc3c2)C2CCC2)nc1-c1ccc(F)cc1. The molecule has 2 aliphatic rings. The van der Waals surface area contributed by atoms with Gasteiger partial charge in [-0.05, 0) is 81.0 Å². The number of halogens is 1.